The second-order valence-electron chi connectivity index (χ2n) is 5.29. The molecule has 0 aromatic carbocycles. The molecule has 0 saturated carbocycles. The average Bonchev–Trinajstić information content (AvgIpc) is 2.79. The first-order valence-electron chi connectivity index (χ1n) is 6.46. The number of nitrogens with zero attached hydrogens (tertiary/aromatic N) is 1. The van der Waals surface area contributed by atoms with Gasteiger partial charge in [-0.05, 0) is 42.2 Å². The van der Waals surface area contributed by atoms with Crippen molar-refractivity contribution in [1.82, 2.24) is 4.98 Å². The molecule has 1 aromatic rings. The van der Waals surface area contributed by atoms with Crippen molar-refractivity contribution in [2.75, 3.05) is 18.9 Å². The van der Waals surface area contributed by atoms with Crippen LogP contribution in [0.5, 0.6) is 0 Å². The zero-order chi connectivity index (χ0) is 12.3. The van der Waals surface area contributed by atoms with Crippen molar-refractivity contribution in [3.63, 3.8) is 0 Å². The zero-order valence-electron chi connectivity index (χ0n) is 10.7. The molecule has 1 unspecified atom stereocenters. The fraction of sp³-hybridized carbons (Fsp3) is 0.643. The quantitative estimate of drug-likeness (QED) is 0.871. The second kappa shape index (κ2) is 5.50. The molecule has 3 nitrogen and oxygen atoms in total. The van der Waals surface area contributed by atoms with Crippen LogP contribution in [0.1, 0.15) is 38.2 Å². The van der Waals surface area contributed by atoms with E-state index in [1.54, 1.807) is 6.20 Å². The highest BCUT2D eigenvalue weighted by Crippen LogP contribution is 2.35. The Morgan fingerprint density at radius 1 is 1.53 bits per heavy atom. The highest BCUT2D eigenvalue weighted by Gasteiger charge is 2.25. The number of ether oxygens (including phenoxy) is 1. The van der Waals surface area contributed by atoms with Gasteiger partial charge in [-0.15, -0.1) is 0 Å². The minimum absolute atomic E-state index is 0.496. The predicted molar refractivity (Wildman–Crippen MR) is 69.8 cm³/mol. The van der Waals surface area contributed by atoms with E-state index in [4.69, 9.17) is 10.5 Å². The molecule has 1 aromatic heterocycles. The predicted octanol–water partition coefficient (Wildman–Crippen LogP) is 2.83. The molecule has 3 heteroatoms. The number of nitrogens with two attached hydrogens (primary N) is 1. The highest BCUT2D eigenvalue weighted by atomic mass is 16.5. The molecule has 2 rings (SSSR count). The van der Waals surface area contributed by atoms with E-state index >= 15 is 0 Å². The van der Waals surface area contributed by atoms with E-state index in [1.807, 2.05) is 6.07 Å². The number of hydrogen-bond donors (Lipinski definition) is 1. The minimum Gasteiger partial charge on any atom is -0.383 e. The number of anilines is 1. The van der Waals surface area contributed by atoms with Gasteiger partial charge in [-0.1, -0.05) is 19.9 Å². The van der Waals surface area contributed by atoms with E-state index in [0.717, 1.165) is 19.6 Å². The van der Waals surface area contributed by atoms with Crippen LogP contribution in [0.25, 0.3) is 0 Å². The number of hydrogen-bond acceptors (Lipinski definition) is 3. The summed E-state index contributed by atoms with van der Waals surface area (Å²) in [6.07, 6.45) is 4.10. The van der Waals surface area contributed by atoms with Crippen LogP contribution in [-0.4, -0.2) is 18.2 Å². The van der Waals surface area contributed by atoms with Crippen molar-refractivity contribution in [2.24, 2.45) is 11.8 Å². The Bertz CT molecular complexity index is 359. The lowest BCUT2D eigenvalue weighted by molar-refractivity contribution is 0.181. The Hall–Kier alpha value is -1.09. The van der Waals surface area contributed by atoms with Gasteiger partial charge >= 0.3 is 0 Å². The van der Waals surface area contributed by atoms with Gasteiger partial charge < -0.3 is 10.5 Å². The molecule has 17 heavy (non-hydrogen) atoms. The molecule has 2 atom stereocenters. The molecule has 1 fully saturated rings. The molecule has 2 N–H and O–H groups in total. The van der Waals surface area contributed by atoms with Crippen molar-refractivity contribution in [3.8, 4) is 0 Å². The van der Waals surface area contributed by atoms with Gasteiger partial charge in [0.15, 0.2) is 0 Å². The molecule has 1 aliphatic heterocycles. The van der Waals surface area contributed by atoms with Gasteiger partial charge in [-0.25, -0.2) is 4.98 Å². The summed E-state index contributed by atoms with van der Waals surface area (Å²) in [4.78, 5) is 4.20. The summed E-state index contributed by atoms with van der Waals surface area (Å²) in [6.45, 7) is 6.33. The fourth-order valence-electron chi connectivity index (χ4n) is 2.63. The van der Waals surface area contributed by atoms with Gasteiger partial charge in [0.2, 0.25) is 0 Å². The minimum atomic E-state index is 0.496. The van der Waals surface area contributed by atoms with Crippen molar-refractivity contribution in [3.05, 3.63) is 23.9 Å². The Balaban J connectivity index is 2.14. The van der Waals surface area contributed by atoms with Gasteiger partial charge in [-0.2, -0.15) is 0 Å². The third-order valence-corrected chi connectivity index (χ3v) is 3.69. The third-order valence-electron chi connectivity index (χ3n) is 3.69. The molecule has 0 amide bonds. The largest absolute Gasteiger partial charge is 0.383 e. The summed E-state index contributed by atoms with van der Waals surface area (Å²) in [5, 5.41) is 0. The van der Waals surface area contributed by atoms with E-state index in [-0.39, 0.29) is 0 Å². The molecular weight excluding hydrogens is 212 g/mol. The normalized spacial score (nSPS) is 21.9. The van der Waals surface area contributed by atoms with E-state index < -0.39 is 0 Å². The summed E-state index contributed by atoms with van der Waals surface area (Å²) in [7, 11) is 0. The maximum absolute atomic E-state index is 5.99. The molecule has 1 aliphatic rings. The summed E-state index contributed by atoms with van der Waals surface area (Å²) < 4.78 is 5.46. The van der Waals surface area contributed by atoms with Crippen LogP contribution in [0.3, 0.4) is 0 Å². The Kier molecular flexibility index (Phi) is 4.00. The monoisotopic (exact) mass is 234 g/mol. The van der Waals surface area contributed by atoms with Crippen molar-refractivity contribution < 1.29 is 4.74 Å². The van der Waals surface area contributed by atoms with Gasteiger partial charge in [0.1, 0.15) is 5.82 Å². The topological polar surface area (TPSA) is 48.1 Å². The summed E-state index contributed by atoms with van der Waals surface area (Å²) in [5.41, 5.74) is 7.19. The van der Waals surface area contributed by atoms with Crippen LogP contribution in [0.4, 0.5) is 5.82 Å². The first-order chi connectivity index (χ1) is 8.18. The zero-order valence-corrected chi connectivity index (χ0v) is 10.7. The third kappa shape index (κ3) is 2.97. The van der Waals surface area contributed by atoms with Crippen molar-refractivity contribution in [2.45, 2.75) is 32.6 Å². The molecule has 94 valence electrons. The number of nitrogen functional groups attached to an aromatic ring is 1. The van der Waals surface area contributed by atoms with E-state index in [2.05, 4.69) is 24.9 Å². The average molecular weight is 234 g/mol. The molecule has 0 aliphatic carbocycles. The van der Waals surface area contributed by atoms with Crippen LogP contribution in [-0.2, 0) is 4.74 Å². The van der Waals surface area contributed by atoms with Crippen LogP contribution in [0, 0.1) is 11.8 Å². The van der Waals surface area contributed by atoms with Gasteiger partial charge in [0, 0.05) is 19.4 Å². The van der Waals surface area contributed by atoms with Crippen LogP contribution >= 0.6 is 0 Å². The number of pyridine rings is 1. The van der Waals surface area contributed by atoms with E-state index in [9.17, 15) is 0 Å². The Morgan fingerprint density at radius 2 is 2.35 bits per heavy atom. The smallest absolute Gasteiger partial charge is 0.126 e. The lowest BCUT2D eigenvalue weighted by atomic mass is 9.81. The van der Waals surface area contributed by atoms with E-state index in [1.165, 1.54) is 12.0 Å². The number of aromatic nitrogens is 1. The van der Waals surface area contributed by atoms with E-state index in [0.29, 0.717) is 23.6 Å². The van der Waals surface area contributed by atoms with Crippen LogP contribution < -0.4 is 5.73 Å². The van der Waals surface area contributed by atoms with Crippen LogP contribution in [0.15, 0.2) is 18.3 Å². The Labute approximate surface area is 103 Å². The van der Waals surface area contributed by atoms with Crippen molar-refractivity contribution >= 4 is 5.82 Å². The SMILES string of the molecule is CC(C)[C@H](CC1CCOC1)c1cccnc1N. The molecule has 0 spiro atoms. The van der Waals surface area contributed by atoms with Crippen molar-refractivity contribution in [1.29, 1.82) is 0 Å². The maximum atomic E-state index is 5.99. The van der Waals surface area contributed by atoms with Gasteiger partial charge in [0.25, 0.3) is 0 Å². The number of rotatable bonds is 4. The summed E-state index contributed by atoms with van der Waals surface area (Å²) in [5.74, 6) is 2.45. The molecule has 0 radical (unpaired) electrons. The van der Waals surface area contributed by atoms with Crippen LogP contribution in [0.2, 0.25) is 0 Å². The standard InChI is InChI=1S/C14H22N2O/c1-10(2)13(8-11-5-7-17-9-11)12-4-3-6-16-14(12)15/h3-4,6,10-11,13H,5,7-9H2,1-2H3,(H2,15,16)/t11?,13-/m0/s1. The molecular formula is C14H22N2O. The van der Waals surface area contributed by atoms with Gasteiger partial charge in [0.05, 0.1) is 0 Å². The molecule has 2 heterocycles. The first kappa shape index (κ1) is 12.4. The molecule has 1 saturated heterocycles. The summed E-state index contributed by atoms with van der Waals surface area (Å²) in [6, 6.07) is 4.09. The second-order valence-corrected chi connectivity index (χ2v) is 5.29. The lowest BCUT2D eigenvalue weighted by Crippen LogP contribution is -2.15. The lowest BCUT2D eigenvalue weighted by Gasteiger charge is -2.24. The summed E-state index contributed by atoms with van der Waals surface area (Å²) >= 11 is 0. The molecule has 0 bridgehead atoms. The Morgan fingerprint density at radius 3 is 2.94 bits per heavy atom. The first-order valence-corrected chi connectivity index (χ1v) is 6.46. The highest BCUT2D eigenvalue weighted by molar-refractivity contribution is 5.41. The van der Waals surface area contributed by atoms with Gasteiger partial charge in [-0.3, -0.25) is 0 Å². The fourth-order valence-corrected chi connectivity index (χ4v) is 2.63. The maximum Gasteiger partial charge on any atom is 0.126 e.